The van der Waals surface area contributed by atoms with E-state index in [0.717, 1.165) is 30.0 Å². The minimum atomic E-state index is -1.06. The summed E-state index contributed by atoms with van der Waals surface area (Å²) in [6.45, 7) is 3.83. The van der Waals surface area contributed by atoms with Crippen molar-refractivity contribution in [3.05, 3.63) is 44.8 Å². The normalized spacial score (nSPS) is 13.5. The molecule has 0 aliphatic carbocycles. The van der Waals surface area contributed by atoms with E-state index < -0.39 is 18.0 Å². The molecule has 0 radical (unpaired) electrons. The first-order chi connectivity index (χ1) is 15.3. The van der Waals surface area contributed by atoms with Crippen LogP contribution in [0.5, 0.6) is 11.5 Å². The first-order valence-corrected chi connectivity index (χ1v) is 10.9. The zero-order valence-electron chi connectivity index (χ0n) is 18.2. The van der Waals surface area contributed by atoms with Crippen molar-refractivity contribution >= 4 is 39.1 Å². The molecule has 1 aliphatic heterocycles. The fraction of sp³-hybridized carbons (Fsp3) is 0.364. The van der Waals surface area contributed by atoms with Crippen molar-refractivity contribution in [3.8, 4) is 11.5 Å². The molecule has 1 aromatic carbocycles. The van der Waals surface area contributed by atoms with Gasteiger partial charge in [0, 0.05) is 24.7 Å². The van der Waals surface area contributed by atoms with E-state index in [-0.39, 0.29) is 10.4 Å². The first kappa shape index (κ1) is 21.8. The second kappa shape index (κ2) is 8.62. The number of anilines is 1. The van der Waals surface area contributed by atoms with Gasteiger partial charge in [-0.1, -0.05) is 0 Å². The molecular formula is C22H23N3O6S. The van der Waals surface area contributed by atoms with Crippen LogP contribution < -0.4 is 20.3 Å². The molecule has 0 fully saturated rings. The Hall–Kier alpha value is -3.40. The van der Waals surface area contributed by atoms with Gasteiger partial charge >= 0.3 is 5.97 Å². The Kier molecular flexibility index (Phi) is 5.88. The van der Waals surface area contributed by atoms with Gasteiger partial charge in [0.1, 0.15) is 15.5 Å². The fourth-order valence-electron chi connectivity index (χ4n) is 3.70. The van der Waals surface area contributed by atoms with Crippen LogP contribution in [-0.4, -0.2) is 41.8 Å². The summed E-state index contributed by atoms with van der Waals surface area (Å²) >= 11 is 1.12. The van der Waals surface area contributed by atoms with Gasteiger partial charge in [0.15, 0.2) is 17.6 Å². The summed E-state index contributed by atoms with van der Waals surface area (Å²) in [7, 11) is 3.02. The molecule has 3 heterocycles. The molecule has 32 heavy (non-hydrogen) atoms. The van der Waals surface area contributed by atoms with Gasteiger partial charge in [0.25, 0.3) is 11.5 Å². The van der Waals surface area contributed by atoms with Crippen molar-refractivity contribution in [3.63, 3.8) is 0 Å². The van der Waals surface area contributed by atoms with Crippen LogP contribution in [0, 0.1) is 6.92 Å². The largest absolute Gasteiger partial charge is 0.493 e. The number of rotatable bonds is 6. The highest BCUT2D eigenvalue weighted by Crippen LogP contribution is 2.31. The van der Waals surface area contributed by atoms with Gasteiger partial charge in [-0.05, 0) is 38.0 Å². The van der Waals surface area contributed by atoms with Crippen molar-refractivity contribution in [2.24, 2.45) is 0 Å². The molecule has 1 atom stereocenters. The maximum Gasteiger partial charge on any atom is 0.349 e. The van der Waals surface area contributed by atoms with E-state index in [1.54, 1.807) is 29.7 Å². The lowest BCUT2D eigenvalue weighted by atomic mass is 10.2. The number of carbonyl (C=O) groups excluding carboxylic acids is 2. The van der Waals surface area contributed by atoms with E-state index in [4.69, 9.17) is 14.2 Å². The molecular weight excluding hydrogens is 434 g/mol. The standard InChI is InChI=1S/C22H23N3O6S/c1-11-17-20(24-16-6-5-9-25(16)21(17)27)32-18(11)22(28)31-12(2)19(26)23-13-7-8-14(29-3)15(10-13)30-4/h7-8,10,12H,5-6,9H2,1-4H3,(H,23,26). The van der Waals surface area contributed by atoms with Crippen LogP contribution in [0.15, 0.2) is 23.0 Å². The average Bonchev–Trinajstić information content (AvgIpc) is 3.38. The number of aryl methyl sites for hydroxylation is 2. The van der Waals surface area contributed by atoms with Gasteiger partial charge < -0.3 is 19.5 Å². The minimum Gasteiger partial charge on any atom is -0.493 e. The highest BCUT2D eigenvalue weighted by atomic mass is 32.1. The summed E-state index contributed by atoms with van der Waals surface area (Å²) in [5.74, 6) is 0.570. The molecule has 0 saturated carbocycles. The molecule has 4 rings (SSSR count). The minimum absolute atomic E-state index is 0.130. The van der Waals surface area contributed by atoms with Gasteiger partial charge in [-0.3, -0.25) is 14.2 Å². The van der Waals surface area contributed by atoms with E-state index in [9.17, 15) is 14.4 Å². The Labute approximate surface area is 187 Å². The zero-order valence-corrected chi connectivity index (χ0v) is 19.0. The number of amides is 1. The van der Waals surface area contributed by atoms with Crippen molar-refractivity contribution in [2.45, 2.75) is 39.3 Å². The molecule has 10 heteroatoms. The van der Waals surface area contributed by atoms with Crippen LogP contribution in [-0.2, 0) is 22.5 Å². The number of fused-ring (bicyclic) bond motifs is 2. The van der Waals surface area contributed by atoms with Crippen molar-refractivity contribution in [1.29, 1.82) is 0 Å². The first-order valence-electron chi connectivity index (χ1n) is 10.1. The lowest BCUT2D eigenvalue weighted by Gasteiger charge is -2.14. The number of carbonyl (C=O) groups is 2. The monoisotopic (exact) mass is 457 g/mol. The number of thiophene rings is 1. The smallest absolute Gasteiger partial charge is 0.349 e. The summed E-state index contributed by atoms with van der Waals surface area (Å²) in [5, 5.41) is 3.13. The predicted molar refractivity (Wildman–Crippen MR) is 120 cm³/mol. The summed E-state index contributed by atoms with van der Waals surface area (Å²) in [6, 6.07) is 4.93. The summed E-state index contributed by atoms with van der Waals surface area (Å²) in [4.78, 5) is 43.5. The van der Waals surface area contributed by atoms with Crippen LogP contribution in [0.25, 0.3) is 10.2 Å². The third-order valence-corrected chi connectivity index (χ3v) is 6.57. The van der Waals surface area contributed by atoms with E-state index in [1.165, 1.54) is 21.1 Å². The zero-order chi connectivity index (χ0) is 23.0. The number of esters is 1. The van der Waals surface area contributed by atoms with Crippen LogP contribution >= 0.6 is 11.3 Å². The van der Waals surface area contributed by atoms with E-state index in [2.05, 4.69) is 10.3 Å². The molecule has 0 spiro atoms. The van der Waals surface area contributed by atoms with Gasteiger partial charge in [-0.2, -0.15) is 0 Å². The Balaban J connectivity index is 1.51. The molecule has 3 aromatic rings. The van der Waals surface area contributed by atoms with Gasteiger partial charge in [-0.25, -0.2) is 9.78 Å². The van der Waals surface area contributed by atoms with Crippen molar-refractivity contribution in [2.75, 3.05) is 19.5 Å². The Morgan fingerprint density at radius 2 is 1.97 bits per heavy atom. The Morgan fingerprint density at radius 3 is 2.69 bits per heavy atom. The van der Waals surface area contributed by atoms with E-state index >= 15 is 0 Å². The summed E-state index contributed by atoms with van der Waals surface area (Å²) in [5.41, 5.74) is 0.872. The number of benzene rings is 1. The molecule has 1 unspecified atom stereocenters. The van der Waals surface area contributed by atoms with E-state index in [0.29, 0.717) is 39.5 Å². The van der Waals surface area contributed by atoms with Crippen LogP contribution in [0.3, 0.4) is 0 Å². The van der Waals surface area contributed by atoms with Crippen molar-refractivity contribution < 1.29 is 23.8 Å². The maximum atomic E-state index is 12.8. The van der Waals surface area contributed by atoms with Crippen LogP contribution in [0.1, 0.15) is 34.4 Å². The molecule has 168 valence electrons. The average molecular weight is 458 g/mol. The number of hydrogen-bond donors (Lipinski definition) is 1. The van der Waals surface area contributed by atoms with Gasteiger partial charge in [0.05, 0.1) is 19.6 Å². The number of methoxy groups -OCH3 is 2. The molecule has 1 aliphatic rings. The molecule has 0 bridgehead atoms. The molecule has 1 N–H and O–H groups in total. The second-order valence-electron chi connectivity index (χ2n) is 7.43. The molecule has 1 amide bonds. The fourth-order valence-corrected chi connectivity index (χ4v) is 4.77. The third kappa shape index (κ3) is 3.81. The molecule has 9 nitrogen and oxygen atoms in total. The molecule has 0 saturated heterocycles. The summed E-state index contributed by atoms with van der Waals surface area (Å²) in [6.07, 6.45) is 0.578. The third-order valence-electron chi connectivity index (χ3n) is 5.40. The highest BCUT2D eigenvalue weighted by molar-refractivity contribution is 7.20. The van der Waals surface area contributed by atoms with Gasteiger partial charge in [-0.15, -0.1) is 11.3 Å². The number of aromatic nitrogens is 2. The number of ether oxygens (including phenoxy) is 3. The quantitative estimate of drug-likeness (QED) is 0.567. The van der Waals surface area contributed by atoms with Crippen LogP contribution in [0.4, 0.5) is 5.69 Å². The van der Waals surface area contributed by atoms with Crippen LogP contribution in [0.2, 0.25) is 0 Å². The topological polar surface area (TPSA) is 109 Å². The lowest BCUT2D eigenvalue weighted by Crippen LogP contribution is -2.30. The predicted octanol–water partition coefficient (Wildman–Crippen LogP) is 2.91. The Bertz CT molecular complexity index is 1280. The molecule has 2 aromatic heterocycles. The number of nitrogens with one attached hydrogen (secondary N) is 1. The van der Waals surface area contributed by atoms with Crippen molar-refractivity contribution in [1.82, 2.24) is 9.55 Å². The summed E-state index contributed by atoms with van der Waals surface area (Å²) < 4.78 is 17.5. The SMILES string of the molecule is COc1ccc(NC(=O)C(C)OC(=O)c2sc3nc4n(c(=O)c3c2C)CCC4)cc1OC. The second-order valence-corrected chi connectivity index (χ2v) is 8.43. The van der Waals surface area contributed by atoms with E-state index in [1.807, 2.05) is 0 Å². The lowest BCUT2D eigenvalue weighted by molar-refractivity contribution is -0.123. The Morgan fingerprint density at radius 1 is 1.22 bits per heavy atom. The maximum absolute atomic E-state index is 12.8. The number of hydrogen-bond acceptors (Lipinski definition) is 8. The number of nitrogens with zero attached hydrogens (tertiary/aromatic N) is 2. The highest BCUT2D eigenvalue weighted by Gasteiger charge is 2.26. The van der Waals surface area contributed by atoms with Gasteiger partial charge in [0.2, 0.25) is 0 Å².